The first-order valence-corrected chi connectivity index (χ1v) is 10.4. The molecule has 8 nitrogen and oxygen atoms in total. The van der Waals surface area contributed by atoms with Crippen LogP contribution in [0.15, 0.2) is 53.5 Å². The van der Waals surface area contributed by atoms with Gasteiger partial charge in [0.1, 0.15) is 11.5 Å². The molecular formula is C24H29N5O3. The van der Waals surface area contributed by atoms with Crippen molar-refractivity contribution in [3.8, 4) is 11.5 Å². The Morgan fingerprint density at radius 2 is 1.84 bits per heavy atom. The topological polar surface area (TPSA) is 89.8 Å². The second-order valence-corrected chi connectivity index (χ2v) is 7.17. The van der Waals surface area contributed by atoms with Crippen LogP contribution < -0.4 is 20.1 Å². The minimum Gasteiger partial charge on any atom is -0.497 e. The van der Waals surface area contributed by atoms with Crippen molar-refractivity contribution in [1.29, 1.82) is 0 Å². The summed E-state index contributed by atoms with van der Waals surface area (Å²) >= 11 is 0. The van der Waals surface area contributed by atoms with Gasteiger partial charge in [-0.15, -0.1) is 0 Å². The maximum Gasteiger partial charge on any atom is 0.257 e. The zero-order valence-corrected chi connectivity index (χ0v) is 19.1. The Morgan fingerprint density at radius 1 is 1.12 bits per heavy atom. The number of amides is 1. The molecule has 0 saturated heterocycles. The second-order valence-electron chi connectivity index (χ2n) is 7.17. The maximum atomic E-state index is 12.9. The van der Waals surface area contributed by atoms with Gasteiger partial charge in [0.15, 0.2) is 0 Å². The smallest absolute Gasteiger partial charge is 0.257 e. The predicted molar refractivity (Wildman–Crippen MR) is 126 cm³/mol. The van der Waals surface area contributed by atoms with E-state index in [-0.39, 0.29) is 5.91 Å². The molecule has 0 fully saturated rings. The Hall–Kier alpha value is -3.81. The number of aliphatic imine (C=N–C) groups is 1. The molecule has 0 saturated carbocycles. The number of methoxy groups -OCH3 is 1. The Labute approximate surface area is 188 Å². The van der Waals surface area contributed by atoms with Crippen molar-refractivity contribution in [2.45, 2.75) is 27.3 Å². The summed E-state index contributed by atoms with van der Waals surface area (Å²) in [5, 5.41) is 10.5. The molecule has 2 aromatic carbocycles. The predicted octanol–water partition coefficient (Wildman–Crippen LogP) is 3.84. The number of benzene rings is 2. The first-order valence-electron chi connectivity index (χ1n) is 10.4. The van der Waals surface area contributed by atoms with E-state index in [0.717, 1.165) is 17.0 Å². The van der Waals surface area contributed by atoms with Gasteiger partial charge in [-0.05, 0) is 57.2 Å². The Bertz CT molecular complexity index is 1100. The van der Waals surface area contributed by atoms with Crippen molar-refractivity contribution < 1.29 is 14.3 Å². The van der Waals surface area contributed by atoms with Crippen LogP contribution in [0.1, 0.15) is 34.2 Å². The van der Waals surface area contributed by atoms with Gasteiger partial charge in [-0.1, -0.05) is 12.1 Å². The van der Waals surface area contributed by atoms with Gasteiger partial charge in [-0.2, -0.15) is 5.10 Å². The lowest BCUT2D eigenvalue weighted by atomic mass is 10.2. The highest BCUT2D eigenvalue weighted by Gasteiger charge is 2.14. The zero-order chi connectivity index (χ0) is 23.1. The first-order chi connectivity index (χ1) is 15.4. The molecule has 0 radical (unpaired) electrons. The normalized spacial score (nSPS) is 11.2. The van der Waals surface area contributed by atoms with Gasteiger partial charge in [0.05, 0.1) is 31.6 Å². The number of hydrogen-bond donors (Lipinski definition) is 2. The van der Waals surface area contributed by atoms with Crippen LogP contribution >= 0.6 is 0 Å². The van der Waals surface area contributed by atoms with Crippen LogP contribution in [-0.2, 0) is 13.6 Å². The van der Waals surface area contributed by atoms with E-state index in [1.807, 2.05) is 56.8 Å². The molecule has 0 spiro atoms. The van der Waals surface area contributed by atoms with E-state index >= 15 is 0 Å². The van der Waals surface area contributed by atoms with Crippen molar-refractivity contribution in [1.82, 2.24) is 15.1 Å². The van der Waals surface area contributed by atoms with Gasteiger partial charge in [0.25, 0.3) is 5.91 Å². The first kappa shape index (κ1) is 22.9. The summed E-state index contributed by atoms with van der Waals surface area (Å²) < 4.78 is 12.7. The van der Waals surface area contributed by atoms with E-state index in [0.29, 0.717) is 41.9 Å². The standard InChI is InChI=1S/C24H29N5O3/c1-6-32-22-10-8-7-9-21(22)26-24(25-15-20-16(2)28-29(4)17(20)3)27-23(30)18-11-13-19(31-5)14-12-18/h7-14H,6,15H2,1-5H3,(H2,25,26,27,30). The van der Waals surface area contributed by atoms with E-state index in [1.165, 1.54) is 0 Å². The molecule has 0 bridgehead atoms. The molecule has 0 aliphatic carbocycles. The van der Waals surface area contributed by atoms with Crippen molar-refractivity contribution in [3.05, 3.63) is 71.0 Å². The third-order valence-electron chi connectivity index (χ3n) is 5.08. The summed E-state index contributed by atoms with van der Waals surface area (Å²) in [6.07, 6.45) is 0. The van der Waals surface area contributed by atoms with Crippen LogP contribution in [-0.4, -0.2) is 35.4 Å². The van der Waals surface area contributed by atoms with Crippen molar-refractivity contribution in [3.63, 3.8) is 0 Å². The lowest BCUT2D eigenvalue weighted by Crippen LogP contribution is -2.36. The molecule has 8 heteroatoms. The number of nitrogens with zero attached hydrogens (tertiary/aromatic N) is 3. The average molecular weight is 436 g/mol. The SMILES string of the molecule is CCOc1ccccc1NC(=NCc1c(C)nn(C)c1C)NC(=O)c1ccc(OC)cc1. The number of nitrogens with one attached hydrogen (secondary N) is 2. The molecule has 0 unspecified atom stereocenters. The van der Waals surface area contributed by atoms with E-state index < -0.39 is 0 Å². The van der Waals surface area contributed by atoms with Gasteiger partial charge in [-0.3, -0.25) is 14.8 Å². The Balaban J connectivity index is 1.88. The maximum absolute atomic E-state index is 12.9. The molecule has 168 valence electrons. The highest BCUT2D eigenvalue weighted by atomic mass is 16.5. The summed E-state index contributed by atoms with van der Waals surface area (Å²) in [5.74, 6) is 1.39. The largest absolute Gasteiger partial charge is 0.497 e. The number of aromatic nitrogens is 2. The lowest BCUT2D eigenvalue weighted by molar-refractivity contribution is 0.0977. The molecule has 1 amide bonds. The number of hydrogen-bond acceptors (Lipinski definition) is 5. The summed E-state index contributed by atoms with van der Waals surface area (Å²) in [4.78, 5) is 17.5. The molecule has 3 rings (SSSR count). The third kappa shape index (κ3) is 5.46. The fourth-order valence-corrected chi connectivity index (χ4v) is 3.22. The van der Waals surface area contributed by atoms with Crippen molar-refractivity contribution >= 4 is 17.6 Å². The quantitative estimate of drug-likeness (QED) is 0.435. The van der Waals surface area contributed by atoms with Gasteiger partial charge < -0.3 is 14.8 Å². The fraction of sp³-hybridized carbons (Fsp3) is 0.292. The van der Waals surface area contributed by atoms with Crippen molar-refractivity contribution in [2.75, 3.05) is 19.0 Å². The number of ether oxygens (including phenoxy) is 2. The molecule has 32 heavy (non-hydrogen) atoms. The molecular weight excluding hydrogens is 406 g/mol. The number of anilines is 1. The Kier molecular flexibility index (Phi) is 7.49. The lowest BCUT2D eigenvalue weighted by Gasteiger charge is -2.15. The molecule has 1 aromatic heterocycles. The van der Waals surface area contributed by atoms with Crippen LogP contribution in [0.2, 0.25) is 0 Å². The van der Waals surface area contributed by atoms with E-state index in [9.17, 15) is 4.79 Å². The van der Waals surface area contributed by atoms with Gasteiger partial charge in [-0.25, -0.2) is 4.99 Å². The second kappa shape index (κ2) is 10.5. The van der Waals surface area contributed by atoms with Crippen LogP contribution in [0.25, 0.3) is 0 Å². The fourth-order valence-electron chi connectivity index (χ4n) is 3.22. The minimum absolute atomic E-state index is 0.285. The van der Waals surface area contributed by atoms with E-state index in [4.69, 9.17) is 9.47 Å². The van der Waals surface area contributed by atoms with Crippen molar-refractivity contribution in [2.24, 2.45) is 12.0 Å². The highest BCUT2D eigenvalue weighted by molar-refractivity contribution is 6.10. The Morgan fingerprint density at radius 3 is 2.47 bits per heavy atom. The number of carbonyl (C=O) groups is 1. The molecule has 0 aliphatic rings. The van der Waals surface area contributed by atoms with E-state index in [2.05, 4.69) is 20.7 Å². The summed E-state index contributed by atoms with van der Waals surface area (Å²) in [6.45, 7) is 6.76. The number of carbonyl (C=O) groups excluding carboxylic acids is 1. The van der Waals surface area contributed by atoms with Crippen LogP contribution in [0.3, 0.4) is 0 Å². The highest BCUT2D eigenvalue weighted by Crippen LogP contribution is 2.24. The zero-order valence-electron chi connectivity index (χ0n) is 19.1. The van der Waals surface area contributed by atoms with Crippen LogP contribution in [0.5, 0.6) is 11.5 Å². The molecule has 1 heterocycles. The van der Waals surface area contributed by atoms with Gasteiger partial charge >= 0.3 is 0 Å². The molecule has 0 atom stereocenters. The number of aryl methyl sites for hydroxylation is 2. The number of guanidine groups is 1. The summed E-state index contributed by atoms with van der Waals surface area (Å²) in [7, 11) is 3.49. The van der Waals surface area contributed by atoms with Gasteiger partial charge in [0, 0.05) is 23.9 Å². The molecule has 0 aliphatic heterocycles. The third-order valence-corrected chi connectivity index (χ3v) is 5.08. The summed E-state index contributed by atoms with van der Waals surface area (Å²) in [5.41, 5.74) is 4.16. The number of para-hydroxylation sites is 2. The van der Waals surface area contributed by atoms with E-state index in [1.54, 1.807) is 31.4 Å². The molecule has 3 aromatic rings. The minimum atomic E-state index is -0.285. The summed E-state index contributed by atoms with van der Waals surface area (Å²) in [6, 6.07) is 14.4. The number of rotatable bonds is 7. The molecule has 2 N–H and O–H groups in total. The monoisotopic (exact) mass is 435 g/mol. The van der Waals surface area contributed by atoms with Crippen LogP contribution in [0, 0.1) is 13.8 Å². The average Bonchev–Trinajstić information content (AvgIpc) is 3.04. The van der Waals surface area contributed by atoms with Crippen LogP contribution in [0.4, 0.5) is 5.69 Å². The van der Waals surface area contributed by atoms with Gasteiger partial charge in [0.2, 0.25) is 5.96 Å².